The van der Waals surface area contributed by atoms with E-state index >= 15 is 0 Å². The van der Waals surface area contributed by atoms with E-state index in [4.69, 9.17) is 4.74 Å². The van der Waals surface area contributed by atoms with Crippen molar-refractivity contribution in [2.45, 2.75) is 13.8 Å². The largest absolute Gasteiger partial charge is 0.426 e. The number of aryl methyl sites for hydroxylation is 1. The van der Waals surface area contributed by atoms with E-state index in [1.165, 1.54) is 37.3 Å². The molecule has 2 aromatic rings. The second-order valence-corrected chi connectivity index (χ2v) is 6.52. The molecule has 1 N–H and O–H groups in total. The van der Waals surface area contributed by atoms with Crippen molar-refractivity contribution in [1.29, 1.82) is 5.26 Å². The topological polar surface area (TPSA) is 122 Å². The molecule has 0 aliphatic carbocycles. The van der Waals surface area contributed by atoms with Gasteiger partial charge in [0.25, 0.3) is 11.6 Å². The Balaban J connectivity index is 2.24. The van der Waals surface area contributed by atoms with Crippen molar-refractivity contribution < 1.29 is 19.2 Å². The Labute approximate surface area is 168 Å². The highest BCUT2D eigenvalue weighted by Crippen LogP contribution is 2.27. The first-order chi connectivity index (χ1) is 13.2. The number of halogens is 1. The molecule has 0 saturated carbocycles. The number of nitrogens with zero attached hydrogens (tertiary/aromatic N) is 2. The van der Waals surface area contributed by atoms with Crippen LogP contribution in [0.4, 0.5) is 11.4 Å². The average Bonchev–Trinajstić information content (AvgIpc) is 2.62. The highest BCUT2D eigenvalue weighted by molar-refractivity contribution is 9.10. The Morgan fingerprint density at radius 2 is 2.00 bits per heavy atom. The minimum atomic E-state index is -0.653. The van der Waals surface area contributed by atoms with Gasteiger partial charge >= 0.3 is 5.97 Å². The van der Waals surface area contributed by atoms with Crippen LogP contribution in [0, 0.1) is 28.4 Å². The van der Waals surface area contributed by atoms with Crippen LogP contribution in [-0.4, -0.2) is 16.8 Å². The molecule has 0 saturated heterocycles. The van der Waals surface area contributed by atoms with Gasteiger partial charge in [0.2, 0.25) is 0 Å². The summed E-state index contributed by atoms with van der Waals surface area (Å²) in [7, 11) is 0. The molecule has 142 valence electrons. The van der Waals surface area contributed by atoms with Gasteiger partial charge in [-0.3, -0.25) is 19.7 Å². The molecule has 0 fully saturated rings. The number of hydrogen-bond donors (Lipinski definition) is 1. The van der Waals surface area contributed by atoms with Crippen molar-refractivity contribution in [2.75, 3.05) is 5.32 Å². The first-order valence-corrected chi connectivity index (χ1v) is 8.66. The maximum Gasteiger partial charge on any atom is 0.308 e. The number of carbonyl (C=O) groups excluding carboxylic acids is 2. The zero-order valence-corrected chi connectivity index (χ0v) is 16.4. The number of nitro groups is 1. The lowest BCUT2D eigenvalue weighted by atomic mass is 10.1. The second-order valence-electron chi connectivity index (χ2n) is 5.66. The highest BCUT2D eigenvalue weighted by Gasteiger charge is 2.14. The van der Waals surface area contributed by atoms with Crippen LogP contribution in [0.1, 0.15) is 18.1 Å². The third kappa shape index (κ3) is 5.25. The summed E-state index contributed by atoms with van der Waals surface area (Å²) in [6.07, 6.45) is 1.37. The predicted molar refractivity (Wildman–Crippen MR) is 106 cm³/mol. The second kappa shape index (κ2) is 8.92. The maximum atomic E-state index is 12.4. The molecule has 0 aliphatic heterocycles. The summed E-state index contributed by atoms with van der Waals surface area (Å²) in [5.74, 6) is -0.812. The number of nitrogens with one attached hydrogen (secondary N) is 1. The molecule has 0 atom stereocenters. The van der Waals surface area contributed by atoms with Crippen LogP contribution in [0.15, 0.2) is 46.4 Å². The van der Waals surface area contributed by atoms with E-state index in [1.54, 1.807) is 19.1 Å². The number of rotatable bonds is 5. The Hall–Kier alpha value is -3.51. The molecule has 2 rings (SSSR count). The number of anilines is 1. The van der Waals surface area contributed by atoms with Gasteiger partial charge in [-0.05, 0) is 58.3 Å². The summed E-state index contributed by atoms with van der Waals surface area (Å²) in [6, 6.07) is 10.5. The van der Waals surface area contributed by atoms with Gasteiger partial charge in [0.15, 0.2) is 0 Å². The Morgan fingerprint density at radius 1 is 1.29 bits per heavy atom. The molecule has 0 aliphatic rings. The Morgan fingerprint density at radius 3 is 2.54 bits per heavy atom. The fourth-order valence-corrected chi connectivity index (χ4v) is 2.73. The zero-order chi connectivity index (χ0) is 20.8. The molecular formula is C19H14BrN3O5. The van der Waals surface area contributed by atoms with Gasteiger partial charge in [-0.1, -0.05) is 6.07 Å². The average molecular weight is 444 g/mol. The third-order valence-electron chi connectivity index (χ3n) is 3.55. The number of amides is 1. The van der Waals surface area contributed by atoms with E-state index in [9.17, 15) is 25.0 Å². The molecular weight excluding hydrogens is 430 g/mol. The summed E-state index contributed by atoms with van der Waals surface area (Å²) in [5, 5.41) is 22.7. The number of benzene rings is 2. The fourth-order valence-electron chi connectivity index (χ4n) is 2.25. The Kier molecular flexibility index (Phi) is 6.63. The van der Waals surface area contributed by atoms with Gasteiger partial charge in [-0.15, -0.1) is 0 Å². The normalized spacial score (nSPS) is 10.7. The molecule has 0 spiro atoms. The van der Waals surface area contributed by atoms with Crippen LogP contribution < -0.4 is 10.1 Å². The molecule has 0 radical (unpaired) electrons. The van der Waals surface area contributed by atoms with Crippen molar-refractivity contribution in [1.82, 2.24) is 0 Å². The summed E-state index contributed by atoms with van der Waals surface area (Å²) < 4.78 is 5.49. The maximum absolute atomic E-state index is 12.4. The SMILES string of the molecule is CC(=O)Oc1ccc(C=C(C#N)C(=O)Nc2ccc([N+](=O)[O-])cc2C)cc1Br. The number of nitriles is 1. The quantitative estimate of drug-likeness (QED) is 0.185. The van der Waals surface area contributed by atoms with Crippen molar-refractivity contribution in [3.63, 3.8) is 0 Å². The summed E-state index contributed by atoms with van der Waals surface area (Å²) >= 11 is 3.26. The molecule has 0 heterocycles. The van der Waals surface area contributed by atoms with Gasteiger partial charge in [0.1, 0.15) is 17.4 Å². The van der Waals surface area contributed by atoms with Crippen LogP contribution in [0.3, 0.4) is 0 Å². The molecule has 9 heteroatoms. The fraction of sp³-hybridized carbons (Fsp3) is 0.105. The van der Waals surface area contributed by atoms with E-state index in [0.717, 1.165) is 0 Å². The molecule has 8 nitrogen and oxygen atoms in total. The first kappa shape index (κ1) is 20.8. The molecule has 28 heavy (non-hydrogen) atoms. The minimum absolute atomic E-state index is 0.0933. The van der Waals surface area contributed by atoms with Crippen LogP contribution in [-0.2, 0) is 9.59 Å². The number of ether oxygens (including phenoxy) is 1. The first-order valence-electron chi connectivity index (χ1n) is 7.87. The lowest BCUT2D eigenvalue weighted by Gasteiger charge is -2.08. The van der Waals surface area contributed by atoms with E-state index in [1.807, 2.05) is 6.07 Å². The molecule has 0 bridgehead atoms. The van der Waals surface area contributed by atoms with Crippen molar-refractivity contribution >= 4 is 45.3 Å². The van der Waals surface area contributed by atoms with E-state index in [2.05, 4.69) is 21.2 Å². The summed E-state index contributed by atoms with van der Waals surface area (Å²) in [4.78, 5) is 33.7. The predicted octanol–water partition coefficient (Wildman–Crippen LogP) is 4.14. The Bertz CT molecular complexity index is 1040. The van der Waals surface area contributed by atoms with Crippen molar-refractivity contribution in [2.24, 2.45) is 0 Å². The van der Waals surface area contributed by atoms with Gasteiger partial charge in [-0.2, -0.15) is 5.26 Å². The van der Waals surface area contributed by atoms with Gasteiger partial charge in [-0.25, -0.2) is 0 Å². The van der Waals surface area contributed by atoms with Crippen LogP contribution >= 0.6 is 15.9 Å². The zero-order valence-electron chi connectivity index (χ0n) is 14.9. The summed E-state index contributed by atoms with van der Waals surface area (Å²) in [6.45, 7) is 2.89. The minimum Gasteiger partial charge on any atom is -0.426 e. The van der Waals surface area contributed by atoms with Crippen LogP contribution in [0.25, 0.3) is 6.08 Å². The smallest absolute Gasteiger partial charge is 0.308 e. The number of non-ortho nitro benzene ring substituents is 1. The third-order valence-corrected chi connectivity index (χ3v) is 4.17. The number of hydrogen-bond acceptors (Lipinski definition) is 6. The van der Waals surface area contributed by atoms with Crippen LogP contribution in [0.5, 0.6) is 5.75 Å². The van der Waals surface area contributed by atoms with Gasteiger partial charge in [0.05, 0.1) is 9.40 Å². The van der Waals surface area contributed by atoms with E-state index in [-0.39, 0.29) is 11.3 Å². The molecule has 1 amide bonds. The molecule has 0 unspecified atom stereocenters. The molecule has 2 aromatic carbocycles. The van der Waals surface area contributed by atoms with Crippen molar-refractivity contribution in [3.8, 4) is 11.8 Å². The standard InChI is InChI=1S/C19H14BrN3O5/c1-11-7-15(23(26)27)4-5-17(11)22-19(25)14(10-21)8-13-3-6-18(16(20)9-13)28-12(2)24/h3-9H,1-2H3,(H,22,25). The number of nitro benzene ring substituents is 1. The molecule has 0 aromatic heterocycles. The van der Waals surface area contributed by atoms with E-state index < -0.39 is 16.8 Å². The van der Waals surface area contributed by atoms with Gasteiger partial charge in [0, 0.05) is 24.7 Å². The number of carbonyl (C=O) groups is 2. The number of esters is 1. The highest BCUT2D eigenvalue weighted by atomic mass is 79.9. The lowest BCUT2D eigenvalue weighted by molar-refractivity contribution is -0.384. The van der Waals surface area contributed by atoms with Crippen LogP contribution in [0.2, 0.25) is 0 Å². The van der Waals surface area contributed by atoms with Gasteiger partial charge < -0.3 is 10.1 Å². The summed E-state index contributed by atoms with van der Waals surface area (Å²) in [5.41, 5.74) is 1.14. The lowest BCUT2D eigenvalue weighted by Crippen LogP contribution is -2.14. The van der Waals surface area contributed by atoms with Crippen molar-refractivity contribution in [3.05, 3.63) is 67.7 Å². The van der Waals surface area contributed by atoms with E-state index in [0.29, 0.717) is 27.0 Å². The monoisotopic (exact) mass is 443 g/mol.